The molecule has 0 aliphatic carbocycles. The van der Waals surface area contributed by atoms with Crippen LogP contribution in [0.5, 0.6) is 5.75 Å². The van der Waals surface area contributed by atoms with Crippen LogP contribution in [0.1, 0.15) is 5.69 Å². The zero-order valence-corrected chi connectivity index (χ0v) is 13.5. The van der Waals surface area contributed by atoms with Crippen molar-refractivity contribution >= 4 is 34.7 Å². The third-order valence-corrected chi connectivity index (χ3v) is 3.27. The van der Waals surface area contributed by atoms with E-state index in [2.05, 4.69) is 10.3 Å². The van der Waals surface area contributed by atoms with Crippen LogP contribution in [0.2, 0.25) is 5.02 Å². The first-order chi connectivity index (χ1) is 11.8. The Labute approximate surface area is 145 Å². The number of nitrogens with one attached hydrogen (secondary N) is 1. The average molecular weight is 367 g/mol. The van der Waals surface area contributed by atoms with Crippen LogP contribution in [-0.4, -0.2) is 27.3 Å². The summed E-state index contributed by atoms with van der Waals surface area (Å²) in [5, 5.41) is 24.1. The third-order valence-electron chi connectivity index (χ3n) is 2.95. The van der Waals surface area contributed by atoms with E-state index in [-0.39, 0.29) is 22.1 Å². The first-order valence-electron chi connectivity index (χ1n) is 6.76. The van der Waals surface area contributed by atoms with Gasteiger partial charge in [-0.1, -0.05) is 11.6 Å². The summed E-state index contributed by atoms with van der Waals surface area (Å²) in [6.45, 7) is 1.01. The van der Waals surface area contributed by atoms with Gasteiger partial charge < -0.3 is 20.2 Å². The molecule has 130 valence electrons. The molecule has 0 saturated heterocycles. The molecule has 0 spiro atoms. The van der Waals surface area contributed by atoms with Crippen molar-refractivity contribution in [2.45, 2.75) is 6.92 Å². The molecule has 0 fully saturated rings. The number of hydrogen-bond acceptors (Lipinski definition) is 7. The largest absolute Gasteiger partial charge is 0.476 e. The van der Waals surface area contributed by atoms with Gasteiger partial charge in [-0.05, 0) is 28.1 Å². The number of halogens is 1. The van der Waals surface area contributed by atoms with Crippen LogP contribution in [0.4, 0.5) is 17.2 Å². The molecule has 0 unspecified atom stereocenters. The van der Waals surface area contributed by atoms with E-state index >= 15 is 0 Å². The van der Waals surface area contributed by atoms with E-state index in [1.807, 2.05) is 0 Å². The molecule has 1 N–H and O–H groups in total. The lowest BCUT2D eigenvalue weighted by Crippen LogP contribution is -2.20. The van der Waals surface area contributed by atoms with Gasteiger partial charge in [-0.3, -0.25) is 14.9 Å². The van der Waals surface area contributed by atoms with Gasteiger partial charge in [0.05, 0.1) is 15.6 Å². The molecule has 1 aromatic heterocycles. The summed E-state index contributed by atoms with van der Waals surface area (Å²) in [7, 11) is 0. The highest BCUT2D eigenvalue weighted by Gasteiger charge is 2.19. The number of benzene rings is 1. The van der Waals surface area contributed by atoms with Crippen LogP contribution < -0.4 is 10.1 Å². The minimum atomic E-state index is -0.725. The number of nitro benzene ring substituents is 1. The molecule has 1 aromatic carbocycles. The number of carbonyl (C=O) groups excluding carboxylic acids is 1. The maximum atomic E-state index is 11.9. The number of rotatable bonds is 6. The van der Waals surface area contributed by atoms with Gasteiger partial charge in [0.2, 0.25) is 5.75 Å². The molecule has 10 nitrogen and oxygen atoms in total. The van der Waals surface area contributed by atoms with Crippen molar-refractivity contribution in [1.82, 2.24) is 4.98 Å². The number of aromatic nitrogens is 1. The number of nitrogens with zero attached hydrogens (tertiary/aromatic N) is 3. The maximum absolute atomic E-state index is 11.9. The van der Waals surface area contributed by atoms with E-state index in [4.69, 9.17) is 16.3 Å². The Bertz CT molecular complexity index is 857. The van der Waals surface area contributed by atoms with Crippen molar-refractivity contribution in [2.75, 3.05) is 11.9 Å². The number of carbonyl (C=O) groups is 1. The highest BCUT2D eigenvalue weighted by atomic mass is 35.5. The monoisotopic (exact) mass is 366 g/mol. The molecule has 2 rings (SSSR count). The molecule has 0 atom stereocenters. The molecule has 0 bridgehead atoms. The zero-order valence-electron chi connectivity index (χ0n) is 12.8. The predicted molar refractivity (Wildman–Crippen MR) is 87.9 cm³/mol. The predicted octanol–water partition coefficient (Wildman–Crippen LogP) is 2.88. The van der Waals surface area contributed by atoms with Gasteiger partial charge in [-0.2, -0.15) is 0 Å². The van der Waals surface area contributed by atoms with Gasteiger partial charge in [0.25, 0.3) is 11.6 Å². The van der Waals surface area contributed by atoms with E-state index < -0.39 is 28.2 Å². The number of non-ortho nitro benzene ring substituents is 1. The summed E-state index contributed by atoms with van der Waals surface area (Å²) >= 11 is 5.87. The van der Waals surface area contributed by atoms with Gasteiger partial charge in [0, 0.05) is 19.1 Å². The maximum Gasteiger partial charge on any atom is 0.406 e. The Morgan fingerprint density at radius 1 is 1.24 bits per heavy atom. The normalized spacial score (nSPS) is 10.2. The molecule has 0 aliphatic heterocycles. The minimum absolute atomic E-state index is 0.0287. The van der Waals surface area contributed by atoms with Gasteiger partial charge in [-0.25, -0.2) is 0 Å². The van der Waals surface area contributed by atoms with Gasteiger partial charge in [0.1, 0.15) is 5.69 Å². The number of aryl methyl sites for hydroxylation is 1. The van der Waals surface area contributed by atoms with E-state index in [9.17, 15) is 25.0 Å². The Kier molecular flexibility index (Phi) is 5.45. The van der Waals surface area contributed by atoms with Crippen molar-refractivity contribution in [2.24, 2.45) is 0 Å². The van der Waals surface area contributed by atoms with Crippen LogP contribution in [0.15, 0.2) is 30.3 Å². The Morgan fingerprint density at radius 3 is 2.60 bits per heavy atom. The van der Waals surface area contributed by atoms with Crippen LogP contribution >= 0.6 is 11.6 Å². The van der Waals surface area contributed by atoms with E-state index in [0.717, 1.165) is 6.07 Å². The van der Waals surface area contributed by atoms with Gasteiger partial charge >= 0.3 is 5.82 Å². The summed E-state index contributed by atoms with van der Waals surface area (Å²) in [5.41, 5.74) is 0.201. The minimum Gasteiger partial charge on any atom is -0.476 e. The SMILES string of the molecule is Cc1ccc(OCC(=O)Nc2cc([N+](=O)[O-])ccc2Cl)c([N+](=O)[O-])n1. The van der Waals surface area contributed by atoms with Crippen molar-refractivity contribution in [1.29, 1.82) is 0 Å². The number of nitro groups is 2. The van der Waals surface area contributed by atoms with Crippen LogP contribution in [0.25, 0.3) is 0 Å². The Hall–Kier alpha value is -3.27. The molecule has 1 heterocycles. The summed E-state index contributed by atoms with van der Waals surface area (Å²) in [6, 6.07) is 6.38. The fourth-order valence-electron chi connectivity index (χ4n) is 1.83. The summed E-state index contributed by atoms with van der Waals surface area (Å²) in [6.07, 6.45) is 0. The topological polar surface area (TPSA) is 138 Å². The van der Waals surface area contributed by atoms with Crippen LogP contribution in [0, 0.1) is 27.2 Å². The third kappa shape index (κ3) is 4.61. The van der Waals surface area contributed by atoms with Crippen molar-refractivity contribution in [3.63, 3.8) is 0 Å². The second-order valence-electron chi connectivity index (χ2n) is 4.79. The highest BCUT2D eigenvalue weighted by molar-refractivity contribution is 6.33. The molecule has 0 saturated carbocycles. The average Bonchev–Trinajstić information content (AvgIpc) is 2.55. The second-order valence-corrected chi connectivity index (χ2v) is 5.20. The molecule has 25 heavy (non-hydrogen) atoms. The lowest BCUT2D eigenvalue weighted by atomic mass is 10.3. The van der Waals surface area contributed by atoms with Crippen molar-refractivity contribution in [3.8, 4) is 5.75 Å². The summed E-state index contributed by atoms with van der Waals surface area (Å²) < 4.78 is 5.11. The van der Waals surface area contributed by atoms with E-state index in [1.165, 1.54) is 24.3 Å². The number of pyridine rings is 1. The summed E-state index contributed by atoms with van der Waals surface area (Å²) in [5.74, 6) is -1.38. The number of anilines is 1. The van der Waals surface area contributed by atoms with Gasteiger partial charge in [0.15, 0.2) is 6.61 Å². The Balaban J connectivity index is 2.08. The molecule has 11 heteroatoms. The molecule has 1 amide bonds. The molecule has 2 aromatic rings. The first-order valence-corrected chi connectivity index (χ1v) is 7.14. The summed E-state index contributed by atoms with van der Waals surface area (Å²) in [4.78, 5) is 36.0. The standard InChI is InChI=1S/C14H11ClN4O6/c1-8-2-5-12(14(16-8)19(23)24)25-7-13(20)17-11-6-9(18(21)22)3-4-10(11)15/h2-6H,7H2,1H3,(H,17,20). The number of amides is 1. The lowest BCUT2D eigenvalue weighted by molar-refractivity contribution is -0.390. The number of hydrogen-bond donors (Lipinski definition) is 1. The lowest BCUT2D eigenvalue weighted by Gasteiger charge is -2.09. The van der Waals surface area contributed by atoms with E-state index in [0.29, 0.717) is 5.69 Å². The van der Waals surface area contributed by atoms with Crippen molar-refractivity contribution in [3.05, 3.63) is 61.3 Å². The van der Waals surface area contributed by atoms with Crippen molar-refractivity contribution < 1.29 is 19.4 Å². The van der Waals surface area contributed by atoms with E-state index in [1.54, 1.807) is 6.92 Å². The Morgan fingerprint density at radius 2 is 1.96 bits per heavy atom. The zero-order chi connectivity index (χ0) is 18.6. The number of ether oxygens (including phenoxy) is 1. The van der Waals surface area contributed by atoms with Crippen LogP contribution in [0.3, 0.4) is 0 Å². The fourth-order valence-corrected chi connectivity index (χ4v) is 1.99. The second kappa shape index (κ2) is 7.53. The first kappa shape index (κ1) is 18.1. The molecular formula is C14H11ClN4O6. The molecular weight excluding hydrogens is 356 g/mol. The van der Waals surface area contributed by atoms with Gasteiger partial charge in [-0.15, -0.1) is 0 Å². The molecule has 0 aliphatic rings. The fraction of sp³-hybridized carbons (Fsp3) is 0.143. The quantitative estimate of drug-likeness (QED) is 0.612. The molecule has 0 radical (unpaired) electrons. The van der Waals surface area contributed by atoms with Crippen LogP contribution in [-0.2, 0) is 4.79 Å². The smallest absolute Gasteiger partial charge is 0.406 e. The highest BCUT2D eigenvalue weighted by Crippen LogP contribution is 2.27.